The van der Waals surface area contributed by atoms with E-state index in [0.29, 0.717) is 27.9 Å². The molecule has 1 aromatic carbocycles. The van der Waals surface area contributed by atoms with Crippen LogP contribution in [0.2, 0.25) is 5.02 Å². The number of hydrogen-bond acceptors (Lipinski definition) is 5. The minimum Gasteiger partial charge on any atom is -0.478 e. The summed E-state index contributed by atoms with van der Waals surface area (Å²) < 4.78 is 1.62. The van der Waals surface area contributed by atoms with Gasteiger partial charge >= 0.3 is 5.97 Å². The summed E-state index contributed by atoms with van der Waals surface area (Å²) in [6.07, 6.45) is 2.11. The summed E-state index contributed by atoms with van der Waals surface area (Å²) in [5.74, 6) is 0.111. The highest BCUT2D eigenvalue weighted by molar-refractivity contribution is 6.30. The first kappa shape index (κ1) is 17.4. The van der Waals surface area contributed by atoms with Crippen LogP contribution >= 0.6 is 11.6 Å². The van der Waals surface area contributed by atoms with Crippen LogP contribution in [0.1, 0.15) is 36.9 Å². The van der Waals surface area contributed by atoms with Crippen LogP contribution in [0.25, 0.3) is 0 Å². The van der Waals surface area contributed by atoms with E-state index >= 15 is 0 Å². The van der Waals surface area contributed by atoms with Crippen LogP contribution < -0.4 is 10.2 Å². The minimum atomic E-state index is -1.03. The summed E-state index contributed by atoms with van der Waals surface area (Å²) >= 11 is 6.00. The molecule has 2 aliphatic heterocycles. The van der Waals surface area contributed by atoms with E-state index in [1.54, 1.807) is 35.9 Å². The molecule has 1 fully saturated rings. The SMILES string of the molecule is CC1=C(C(=O)O)C(c2ccc(Cl)cc2)n2nc(N3CCCC3)c(C#N)c2N1. The number of nitrogens with zero attached hydrogens (tertiary/aromatic N) is 4. The molecule has 138 valence electrons. The number of nitrogens with one attached hydrogen (secondary N) is 1. The summed E-state index contributed by atoms with van der Waals surface area (Å²) in [7, 11) is 0. The number of carboxylic acids is 1. The van der Waals surface area contributed by atoms with Gasteiger partial charge in [0.1, 0.15) is 23.5 Å². The van der Waals surface area contributed by atoms with E-state index in [9.17, 15) is 15.2 Å². The van der Waals surface area contributed by atoms with Crippen molar-refractivity contribution in [2.75, 3.05) is 23.3 Å². The monoisotopic (exact) mass is 383 g/mol. The highest BCUT2D eigenvalue weighted by Gasteiger charge is 2.36. The zero-order valence-corrected chi connectivity index (χ0v) is 15.5. The molecule has 1 unspecified atom stereocenters. The number of aromatic nitrogens is 2. The maximum absolute atomic E-state index is 12.0. The number of rotatable bonds is 3. The van der Waals surface area contributed by atoms with Crippen molar-refractivity contribution in [2.45, 2.75) is 25.8 Å². The van der Waals surface area contributed by atoms with E-state index in [0.717, 1.165) is 31.5 Å². The fourth-order valence-electron chi connectivity index (χ4n) is 3.78. The van der Waals surface area contributed by atoms with Crippen LogP contribution in [0, 0.1) is 11.3 Å². The Kier molecular flexibility index (Phi) is 4.28. The Labute approximate surface area is 161 Å². The fraction of sp³-hybridized carbons (Fsp3) is 0.316. The zero-order chi connectivity index (χ0) is 19.1. The number of allylic oxidation sites excluding steroid dienone is 1. The molecule has 1 aromatic heterocycles. The van der Waals surface area contributed by atoms with E-state index in [2.05, 4.69) is 21.4 Å². The molecular formula is C19H18ClN5O2. The number of aliphatic carboxylic acids is 1. The van der Waals surface area contributed by atoms with Gasteiger partial charge in [0.2, 0.25) is 0 Å². The lowest BCUT2D eigenvalue weighted by Crippen LogP contribution is -2.28. The first-order valence-corrected chi connectivity index (χ1v) is 9.13. The van der Waals surface area contributed by atoms with Gasteiger partial charge in [0.15, 0.2) is 5.82 Å². The molecule has 0 saturated carbocycles. The summed E-state index contributed by atoms with van der Waals surface area (Å²) in [5, 5.41) is 27.9. The van der Waals surface area contributed by atoms with Crippen molar-refractivity contribution in [3.63, 3.8) is 0 Å². The van der Waals surface area contributed by atoms with Gasteiger partial charge in [-0.1, -0.05) is 23.7 Å². The van der Waals surface area contributed by atoms with Crippen molar-refractivity contribution in [1.82, 2.24) is 9.78 Å². The third-order valence-electron chi connectivity index (χ3n) is 5.05. The molecule has 0 bridgehead atoms. The number of benzene rings is 1. The Balaban J connectivity index is 1.92. The Hall–Kier alpha value is -2.98. The minimum absolute atomic E-state index is 0.199. The summed E-state index contributed by atoms with van der Waals surface area (Å²) in [6, 6.07) is 8.65. The standard InChI is InChI=1S/C19H18ClN5O2/c1-11-15(19(26)27)16(12-4-6-13(20)7-5-12)25-17(22-11)14(10-21)18(23-25)24-8-2-3-9-24/h4-7,16,22H,2-3,8-9H2,1H3,(H,26,27). The summed E-state index contributed by atoms with van der Waals surface area (Å²) in [5.41, 5.74) is 1.89. The molecule has 1 saturated heterocycles. The molecule has 0 aliphatic carbocycles. The molecule has 2 N–H and O–H groups in total. The molecule has 27 heavy (non-hydrogen) atoms. The van der Waals surface area contributed by atoms with Crippen molar-refractivity contribution in [3.05, 3.63) is 51.7 Å². The Morgan fingerprint density at radius 3 is 2.59 bits per heavy atom. The second kappa shape index (κ2) is 6.63. The quantitative estimate of drug-likeness (QED) is 0.843. The first-order chi connectivity index (χ1) is 13.0. The van der Waals surface area contributed by atoms with E-state index < -0.39 is 12.0 Å². The topological polar surface area (TPSA) is 94.2 Å². The average Bonchev–Trinajstić information content (AvgIpc) is 3.28. The average molecular weight is 384 g/mol. The molecule has 0 amide bonds. The van der Waals surface area contributed by atoms with E-state index in [1.807, 2.05) is 0 Å². The fourth-order valence-corrected chi connectivity index (χ4v) is 3.91. The summed E-state index contributed by atoms with van der Waals surface area (Å²) in [6.45, 7) is 3.39. The Bertz CT molecular complexity index is 981. The lowest BCUT2D eigenvalue weighted by molar-refractivity contribution is -0.133. The Morgan fingerprint density at radius 1 is 1.33 bits per heavy atom. The van der Waals surface area contributed by atoms with Gasteiger partial charge in [0.05, 0.1) is 5.57 Å². The van der Waals surface area contributed by atoms with Gasteiger partial charge in [-0.25, -0.2) is 9.48 Å². The molecule has 7 nitrogen and oxygen atoms in total. The molecule has 0 radical (unpaired) electrons. The van der Waals surface area contributed by atoms with Crippen LogP contribution in [0.5, 0.6) is 0 Å². The van der Waals surface area contributed by atoms with Crippen molar-refractivity contribution in [1.29, 1.82) is 5.26 Å². The van der Waals surface area contributed by atoms with Gasteiger partial charge < -0.3 is 15.3 Å². The van der Waals surface area contributed by atoms with Crippen LogP contribution in [-0.4, -0.2) is 33.9 Å². The van der Waals surface area contributed by atoms with Gasteiger partial charge in [-0.2, -0.15) is 10.4 Å². The number of carbonyl (C=O) groups is 1. The second-order valence-corrected chi connectivity index (χ2v) is 7.16. The van der Waals surface area contributed by atoms with Crippen LogP contribution in [0.15, 0.2) is 35.5 Å². The lowest BCUT2D eigenvalue weighted by Gasteiger charge is -2.28. The first-order valence-electron chi connectivity index (χ1n) is 8.75. The molecule has 2 aliphatic rings. The van der Waals surface area contributed by atoms with Crippen molar-refractivity contribution >= 4 is 29.2 Å². The number of nitriles is 1. The molecule has 4 rings (SSSR count). The highest BCUT2D eigenvalue weighted by atomic mass is 35.5. The van der Waals surface area contributed by atoms with Crippen molar-refractivity contribution in [2.24, 2.45) is 0 Å². The number of carboxylic acid groups (broad SMARTS) is 1. The van der Waals surface area contributed by atoms with Gasteiger partial charge in [0.25, 0.3) is 0 Å². The van der Waals surface area contributed by atoms with Crippen molar-refractivity contribution < 1.29 is 9.90 Å². The smallest absolute Gasteiger partial charge is 0.335 e. The van der Waals surface area contributed by atoms with Crippen LogP contribution in [0.4, 0.5) is 11.6 Å². The van der Waals surface area contributed by atoms with E-state index in [-0.39, 0.29) is 5.57 Å². The molecule has 0 spiro atoms. The normalized spacial score (nSPS) is 18.9. The van der Waals surface area contributed by atoms with Gasteiger partial charge in [-0.15, -0.1) is 0 Å². The third-order valence-corrected chi connectivity index (χ3v) is 5.31. The molecule has 8 heteroatoms. The van der Waals surface area contributed by atoms with Gasteiger partial charge in [-0.3, -0.25) is 0 Å². The number of hydrogen-bond donors (Lipinski definition) is 2. The molecular weight excluding hydrogens is 366 g/mol. The maximum atomic E-state index is 12.0. The molecule has 3 heterocycles. The largest absolute Gasteiger partial charge is 0.478 e. The van der Waals surface area contributed by atoms with E-state index in [1.165, 1.54) is 0 Å². The Morgan fingerprint density at radius 2 is 2.00 bits per heavy atom. The van der Waals surface area contributed by atoms with Crippen LogP contribution in [-0.2, 0) is 4.79 Å². The van der Waals surface area contributed by atoms with Gasteiger partial charge in [-0.05, 0) is 37.5 Å². The predicted octanol–water partition coefficient (Wildman–Crippen LogP) is 3.38. The maximum Gasteiger partial charge on any atom is 0.335 e. The third kappa shape index (κ3) is 2.82. The number of anilines is 2. The van der Waals surface area contributed by atoms with Crippen molar-refractivity contribution in [3.8, 4) is 6.07 Å². The predicted molar refractivity (Wildman–Crippen MR) is 102 cm³/mol. The van der Waals surface area contributed by atoms with E-state index in [4.69, 9.17) is 11.6 Å². The second-order valence-electron chi connectivity index (χ2n) is 6.72. The number of halogens is 1. The lowest BCUT2D eigenvalue weighted by atomic mass is 9.95. The van der Waals surface area contributed by atoms with Gasteiger partial charge in [0, 0.05) is 23.8 Å². The zero-order valence-electron chi connectivity index (χ0n) is 14.7. The molecule has 1 atom stereocenters. The molecule has 2 aromatic rings. The number of fused-ring (bicyclic) bond motifs is 1. The van der Waals surface area contributed by atoms with Crippen LogP contribution in [0.3, 0.4) is 0 Å². The highest BCUT2D eigenvalue weighted by Crippen LogP contribution is 2.41. The summed E-state index contributed by atoms with van der Waals surface area (Å²) in [4.78, 5) is 14.1.